The number of hydrogen-bond donors (Lipinski definition) is 2. The van der Waals surface area contributed by atoms with Gasteiger partial charge in [0.05, 0.1) is 0 Å². The third-order valence-electron chi connectivity index (χ3n) is 4.53. The lowest BCUT2D eigenvalue weighted by atomic mass is 10.0. The van der Waals surface area contributed by atoms with Crippen molar-refractivity contribution < 1.29 is 4.79 Å². The molecule has 126 valence electrons. The Morgan fingerprint density at radius 1 is 1.26 bits per heavy atom. The van der Waals surface area contributed by atoms with E-state index in [2.05, 4.69) is 51.2 Å². The van der Waals surface area contributed by atoms with Crippen molar-refractivity contribution in [3.05, 3.63) is 6.33 Å². The average molecular weight is 318 g/mol. The zero-order valence-electron chi connectivity index (χ0n) is 14.2. The van der Waals surface area contributed by atoms with E-state index in [-0.39, 0.29) is 11.9 Å². The molecule has 0 aromatic carbocycles. The second kappa shape index (κ2) is 6.70. The number of aromatic nitrogens is 2. The van der Waals surface area contributed by atoms with Gasteiger partial charge in [-0.05, 0) is 18.9 Å². The van der Waals surface area contributed by atoms with Gasteiger partial charge in [0.15, 0.2) is 11.6 Å². The molecule has 3 rings (SSSR count). The SMILES string of the molecule is CCN1CCN(c2ncnc3c2NC(=O)C(CC(C)C)N3)CC1. The van der Waals surface area contributed by atoms with Crippen LogP contribution in [0.2, 0.25) is 0 Å². The molecule has 1 fully saturated rings. The molecule has 1 atom stereocenters. The Kier molecular flexibility index (Phi) is 4.66. The lowest BCUT2D eigenvalue weighted by Gasteiger charge is -2.36. The summed E-state index contributed by atoms with van der Waals surface area (Å²) in [6.07, 6.45) is 2.37. The van der Waals surface area contributed by atoms with Crippen LogP contribution in [-0.2, 0) is 4.79 Å². The number of nitrogens with one attached hydrogen (secondary N) is 2. The first-order valence-electron chi connectivity index (χ1n) is 8.48. The lowest BCUT2D eigenvalue weighted by molar-refractivity contribution is -0.117. The molecular weight excluding hydrogens is 292 g/mol. The third-order valence-corrected chi connectivity index (χ3v) is 4.53. The molecule has 2 aliphatic heterocycles. The van der Waals surface area contributed by atoms with Gasteiger partial charge in [0.2, 0.25) is 5.91 Å². The molecule has 23 heavy (non-hydrogen) atoms. The number of anilines is 3. The van der Waals surface area contributed by atoms with E-state index in [4.69, 9.17) is 0 Å². The van der Waals surface area contributed by atoms with E-state index in [9.17, 15) is 4.79 Å². The van der Waals surface area contributed by atoms with Gasteiger partial charge in [0.1, 0.15) is 18.1 Å². The second-order valence-electron chi connectivity index (χ2n) is 6.66. The number of carbonyl (C=O) groups is 1. The van der Waals surface area contributed by atoms with Crippen molar-refractivity contribution in [2.24, 2.45) is 5.92 Å². The summed E-state index contributed by atoms with van der Waals surface area (Å²) >= 11 is 0. The van der Waals surface area contributed by atoms with Crippen LogP contribution in [0.5, 0.6) is 0 Å². The topological polar surface area (TPSA) is 73.4 Å². The lowest BCUT2D eigenvalue weighted by Crippen LogP contribution is -2.47. The zero-order valence-corrected chi connectivity index (χ0v) is 14.2. The number of likely N-dealkylation sites (N-methyl/N-ethyl adjacent to an activating group) is 1. The maximum atomic E-state index is 12.4. The summed E-state index contributed by atoms with van der Waals surface area (Å²) in [6.45, 7) is 11.4. The minimum Gasteiger partial charge on any atom is -0.356 e. The molecule has 2 N–H and O–H groups in total. The summed E-state index contributed by atoms with van der Waals surface area (Å²) in [5.74, 6) is 2.02. The van der Waals surface area contributed by atoms with Crippen LogP contribution in [0, 0.1) is 5.92 Å². The van der Waals surface area contributed by atoms with Gasteiger partial charge in [-0.15, -0.1) is 0 Å². The first kappa shape index (κ1) is 16.0. The molecule has 7 heteroatoms. The van der Waals surface area contributed by atoms with Crippen molar-refractivity contribution >= 4 is 23.2 Å². The summed E-state index contributed by atoms with van der Waals surface area (Å²) in [4.78, 5) is 25.8. The van der Waals surface area contributed by atoms with Crippen LogP contribution < -0.4 is 15.5 Å². The molecule has 3 heterocycles. The molecule has 1 saturated heterocycles. The first-order chi connectivity index (χ1) is 11.1. The maximum absolute atomic E-state index is 12.4. The smallest absolute Gasteiger partial charge is 0.247 e. The molecule has 0 spiro atoms. The van der Waals surface area contributed by atoms with Crippen LogP contribution in [0.15, 0.2) is 6.33 Å². The molecule has 2 aliphatic rings. The molecule has 7 nitrogen and oxygen atoms in total. The van der Waals surface area contributed by atoms with Crippen LogP contribution in [-0.4, -0.2) is 59.5 Å². The highest BCUT2D eigenvalue weighted by atomic mass is 16.2. The Balaban J connectivity index is 1.79. The Labute approximate surface area is 137 Å². The summed E-state index contributed by atoms with van der Waals surface area (Å²) in [7, 11) is 0. The van der Waals surface area contributed by atoms with Gasteiger partial charge in [0.25, 0.3) is 0 Å². The van der Waals surface area contributed by atoms with E-state index in [1.54, 1.807) is 6.33 Å². The number of amides is 1. The van der Waals surface area contributed by atoms with Crippen molar-refractivity contribution in [2.45, 2.75) is 33.2 Å². The molecular formula is C16H26N6O. The Morgan fingerprint density at radius 3 is 2.65 bits per heavy atom. The quantitative estimate of drug-likeness (QED) is 0.874. The highest BCUT2D eigenvalue weighted by Crippen LogP contribution is 2.34. The Hall–Kier alpha value is -1.89. The normalized spacial score (nSPS) is 21.8. The van der Waals surface area contributed by atoms with Crippen LogP contribution >= 0.6 is 0 Å². The molecule has 0 saturated carbocycles. The van der Waals surface area contributed by atoms with Crippen molar-refractivity contribution in [1.82, 2.24) is 14.9 Å². The van der Waals surface area contributed by atoms with E-state index < -0.39 is 0 Å². The van der Waals surface area contributed by atoms with Crippen LogP contribution in [0.4, 0.5) is 17.3 Å². The summed E-state index contributed by atoms with van der Waals surface area (Å²) in [6, 6.07) is -0.220. The number of hydrogen-bond acceptors (Lipinski definition) is 6. The monoisotopic (exact) mass is 318 g/mol. The fourth-order valence-corrected chi connectivity index (χ4v) is 3.19. The van der Waals surface area contributed by atoms with Crippen molar-refractivity contribution in [3.63, 3.8) is 0 Å². The van der Waals surface area contributed by atoms with Gasteiger partial charge in [-0.2, -0.15) is 0 Å². The molecule has 0 bridgehead atoms. The van der Waals surface area contributed by atoms with Crippen molar-refractivity contribution in [2.75, 3.05) is 48.3 Å². The highest BCUT2D eigenvalue weighted by molar-refractivity contribution is 6.04. The predicted molar refractivity (Wildman–Crippen MR) is 91.9 cm³/mol. The predicted octanol–water partition coefficient (Wildman–Crippen LogP) is 1.40. The third kappa shape index (κ3) is 3.39. The van der Waals surface area contributed by atoms with Crippen molar-refractivity contribution in [1.29, 1.82) is 0 Å². The first-order valence-corrected chi connectivity index (χ1v) is 8.48. The van der Waals surface area contributed by atoms with E-state index in [1.807, 2.05) is 0 Å². The van der Waals surface area contributed by atoms with Gasteiger partial charge in [0, 0.05) is 26.2 Å². The minimum atomic E-state index is -0.220. The largest absolute Gasteiger partial charge is 0.356 e. The van der Waals surface area contributed by atoms with Gasteiger partial charge in [-0.1, -0.05) is 20.8 Å². The van der Waals surface area contributed by atoms with Gasteiger partial charge < -0.3 is 20.4 Å². The van der Waals surface area contributed by atoms with Gasteiger partial charge >= 0.3 is 0 Å². The van der Waals surface area contributed by atoms with Crippen LogP contribution in [0.25, 0.3) is 0 Å². The molecule has 1 aromatic rings. The van der Waals surface area contributed by atoms with E-state index in [0.29, 0.717) is 5.92 Å². The standard InChI is InChI=1S/C16H26N6O/c1-4-21-5-7-22(8-6-21)15-13-14(17-10-18-15)19-12(9-11(2)3)16(23)20-13/h10-12H,4-9H2,1-3H3,(H,20,23)(H,17,18,19). The summed E-state index contributed by atoms with van der Waals surface area (Å²) in [5, 5.41) is 6.30. The summed E-state index contributed by atoms with van der Waals surface area (Å²) in [5.41, 5.74) is 0.724. The zero-order chi connectivity index (χ0) is 16.4. The fraction of sp³-hybridized carbons (Fsp3) is 0.688. The number of piperazine rings is 1. The number of rotatable bonds is 4. The number of carbonyl (C=O) groups excluding carboxylic acids is 1. The molecule has 0 radical (unpaired) electrons. The summed E-state index contributed by atoms with van der Waals surface area (Å²) < 4.78 is 0. The van der Waals surface area contributed by atoms with Crippen molar-refractivity contribution in [3.8, 4) is 0 Å². The highest BCUT2D eigenvalue weighted by Gasteiger charge is 2.31. The Bertz CT molecular complexity index is 568. The molecule has 1 aromatic heterocycles. The number of nitrogens with zero attached hydrogens (tertiary/aromatic N) is 4. The number of fused-ring (bicyclic) bond motifs is 1. The molecule has 0 aliphatic carbocycles. The Morgan fingerprint density at radius 2 is 2.00 bits per heavy atom. The van der Waals surface area contributed by atoms with Crippen LogP contribution in [0.1, 0.15) is 27.2 Å². The van der Waals surface area contributed by atoms with Gasteiger partial charge in [-0.3, -0.25) is 4.79 Å². The van der Waals surface area contributed by atoms with E-state index in [1.165, 1.54) is 0 Å². The van der Waals surface area contributed by atoms with Gasteiger partial charge in [-0.25, -0.2) is 9.97 Å². The van der Waals surface area contributed by atoms with E-state index >= 15 is 0 Å². The minimum absolute atomic E-state index is 0.00874. The molecule has 1 unspecified atom stereocenters. The maximum Gasteiger partial charge on any atom is 0.247 e. The second-order valence-corrected chi connectivity index (χ2v) is 6.66. The molecule has 1 amide bonds. The van der Waals surface area contributed by atoms with Crippen LogP contribution in [0.3, 0.4) is 0 Å². The fourth-order valence-electron chi connectivity index (χ4n) is 3.19. The average Bonchev–Trinajstić information content (AvgIpc) is 2.55. The van der Waals surface area contributed by atoms with E-state index in [0.717, 1.165) is 56.5 Å².